The maximum Gasteiger partial charge on any atom is 0.161 e. The Morgan fingerprint density at radius 2 is 0.881 bits per heavy atom. The van der Waals surface area contributed by atoms with Crippen LogP contribution in [0.2, 0.25) is 0 Å². The monoisotopic (exact) mass is 548 g/mol. The third-order valence-electron chi connectivity index (χ3n) is 8.39. The zero-order valence-corrected chi connectivity index (χ0v) is 22.8. The summed E-state index contributed by atoms with van der Waals surface area (Å²) < 4.78 is 17.6. The number of nitrogens with zero attached hydrogens (tertiary/aromatic N) is 2. The Bertz CT molecular complexity index is 2360. The zero-order valence-electron chi connectivity index (χ0n) is 22.8. The SMILES string of the molecule is Cc1ccc2c(c1)oc1c3cc4c(cc3n(-c3ccc(O)cc3)c21)c1oc2cc(C)ccc2c1n4-c1ccc(O)cc1. The molecule has 0 spiro atoms. The number of aromatic hydroxyl groups is 2. The van der Waals surface area contributed by atoms with Crippen molar-refractivity contribution in [3.8, 4) is 22.9 Å². The van der Waals surface area contributed by atoms with Crippen molar-refractivity contribution in [2.75, 3.05) is 0 Å². The maximum absolute atomic E-state index is 10.1. The molecule has 4 aromatic heterocycles. The van der Waals surface area contributed by atoms with E-state index in [0.717, 1.165) is 88.4 Å². The highest BCUT2D eigenvalue weighted by molar-refractivity contribution is 6.23. The fraction of sp³-hybridized carbons (Fsp3) is 0.0556. The minimum Gasteiger partial charge on any atom is -0.508 e. The lowest BCUT2D eigenvalue weighted by molar-refractivity contribution is 0.474. The molecule has 0 amide bonds. The topological polar surface area (TPSA) is 76.6 Å². The van der Waals surface area contributed by atoms with Gasteiger partial charge in [-0.05, 0) is 110 Å². The summed E-state index contributed by atoms with van der Waals surface area (Å²) in [5.74, 6) is 0.429. The molecule has 6 heteroatoms. The highest BCUT2D eigenvalue weighted by atomic mass is 16.3. The van der Waals surface area contributed by atoms with E-state index in [1.165, 1.54) is 0 Å². The van der Waals surface area contributed by atoms with Crippen LogP contribution in [0.3, 0.4) is 0 Å². The zero-order chi connectivity index (χ0) is 28.3. The molecule has 0 saturated heterocycles. The summed E-state index contributed by atoms with van der Waals surface area (Å²) in [5.41, 5.74) is 11.3. The van der Waals surface area contributed by atoms with Crippen LogP contribution in [0.25, 0.3) is 77.3 Å². The van der Waals surface area contributed by atoms with Crippen LogP contribution in [-0.2, 0) is 0 Å². The first-order valence-electron chi connectivity index (χ1n) is 13.9. The van der Waals surface area contributed by atoms with Crippen LogP contribution >= 0.6 is 0 Å². The van der Waals surface area contributed by atoms with Crippen LogP contribution in [0.1, 0.15) is 11.1 Å². The molecule has 0 unspecified atom stereocenters. The molecule has 0 radical (unpaired) electrons. The predicted molar refractivity (Wildman–Crippen MR) is 167 cm³/mol. The van der Waals surface area contributed by atoms with Gasteiger partial charge < -0.3 is 28.2 Å². The predicted octanol–water partition coefficient (Wildman–Crippen LogP) is 9.40. The molecular weight excluding hydrogens is 524 g/mol. The lowest BCUT2D eigenvalue weighted by Crippen LogP contribution is -1.95. The second-order valence-electron chi connectivity index (χ2n) is 11.1. The molecule has 0 aliphatic carbocycles. The van der Waals surface area contributed by atoms with Crippen LogP contribution in [0.15, 0.2) is 106 Å². The van der Waals surface area contributed by atoms with Crippen molar-refractivity contribution in [3.63, 3.8) is 0 Å². The molecule has 0 bridgehead atoms. The number of hydrogen-bond donors (Lipinski definition) is 2. The Morgan fingerprint density at radius 1 is 0.476 bits per heavy atom. The standard InChI is InChI=1S/C36H24N2O4/c1-19-3-13-25-31(15-19)41-35-27-17-30-28(18-29(27)37(33(25)35)21-5-9-23(39)10-6-21)36-34(26-14-4-20(2)16-32(26)42-36)38(30)22-7-11-24(40)12-8-22/h3-18,39-40H,1-2H3. The Kier molecular flexibility index (Phi) is 4.39. The normalized spacial score (nSPS) is 12.2. The van der Waals surface area contributed by atoms with Crippen molar-refractivity contribution >= 4 is 65.9 Å². The van der Waals surface area contributed by atoms with Gasteiger partial charge in [-0.3, -0.25) is 0 Å². The van der Waals surface area contributed by atoms with E-state index in [9.17, 15) is 10.2 Å². The Morgan fingerprint density at radius 3 is 1.29 bits per heavy atom. The van der Waals surface area contributed by atoms with E-state index >= 15 is 0 Å². The van der Waals surface area contributed by atoms with E-state index < -0.39 is 0 Å². The van der Waals surface area contributed by atoms with Gasteiger partial charge in [-0.2, -0.15) is 0 Å². The number of fused-ring (bicyclic) bond motifs is 10. The summed E-state index contributed by atoms with van der Waals surface area (Å²) in [7, 11) is 0. The van der Waals surface area contributed by atoms with E-state index in [4.69, 9.17) is 8.83 Å². The molecule has 0 aliphatic rings. The summed E-state index contributed by atoms with van der Waals surface area (Å²) in [6.07, 6.45) is 0. The average molecular weight is 549 g/mol. The molecule has 6 nitrogen and oxygen atoms in total. The van der Waals surface area contributed by atoms with Crippen molar-refractivity contribution in [2.24, 2.45) is 0 Å². The molecule has 9 aromatic rings. The van der Waals surface area contributed by atoms with Crippen molar-refractivity contribution in [2.45, 2.75) is 13.8 Å². The van der Waals surface area contributed by atoms with Crippen molar-refractivity contribution in [1.82, 2.24) is 9.13 Å². The molecule has 0 fully saturated rings. The fourth-order valence-corrected chi connectivity index (χ4v) is 6.48. The van der Waals surface area contributed by atoms with Crippen LogP contribution < -0.4 is 0 Å². The lowest BCUT2D eigenvalue weighted by Gasteiger charge is -2.10. The van der Waals surface area contributed by atoms with E-state index in [2.05, 4.69) is 71.5 Å². The third-order valence-corrected chi connectivity index (χ3v) is 8.39. The third kappa shape index (κ3) is 3.03. The maximum atomic E-state index is 10.1. The van der Waals surface area contributed by atoms with E-state index in [1.54, 1.807) is 24.3 Å². The molecule has 0 aliphatic heterocycles. The van der Waals surface area contributed by atoms with Crippen molar-refractivity contribution in [1.29, 1.82) is 0 Å². The number of aromatic nitrogens is 2. The summed E-state index contributed by atoms with van der Waals surface area (Å²) in [4.78, 5) is 0. The lowest BCUT2D eigenvalue weighted by atomic mass is 10.1. The largest absolute Gasteiger partial charge is 0.508 e. The molecule has 4 heterocycles. The van der Waals surface area contributed by atoms with Gasteiger partial charge in [0.2, 0.25) is 0 Å². The highest BCUT2D eigenvalue weighted by Gasteiger charge is 2.25. The van der Waals surface area contributed by atoms with Gasteiger partial charge >= 0.3 is 0 Å². The number of hydrogen-bond acceptors (Lipinski definition) is 4. The first-order valence-corrected chi connectivity index (χ1v) is 13.9. The number of furan rings is 2. The molecule has 5 aromatic carbocycles. The Labute approximate surface area is 238 Å². The Hall–Kier alpha value is -5.62. The number of benzene rings is 5. The van der Waals surface area contributed by atoms with Gasteiger partial charge in [-0.15, -0.1) is 0 Å². The first-order chi connectivity index (χ1) is 20.4. The number of aryl methyl sites for hydroxylation is 2. The van der Waals surface area contributed by atoms with Crippen molar-refractivity contribution < 1.29 is 19.0 Å². The molecule has 42 heavy (non-hydrogen) atoms. The second kappa shape index (κ2) is 7.98. The van der Waals surface area contributed by atoms with Gasteiger partial charge in [0.15, 0.2) is 11.2 Å². The first kappa shape index (κ1) is 23.1. The minimum atomic E-state index is 0.215. The van der Waals surface area contributed by atoms with E-state index in [-0.39, 0.29) is 11.5 Å². The van der Waals surface area contributed by atoms with Crippen LogP contribution in [0.4, 0.5) is 0 Å². The number of phenolic OH excluding ortho intramolecular Hbond substituents is 2. The van der Waals surface area contributed by atoms with Gasteiger partial charge in [0, 0.05) is 32.9 Å². The molecule has 0 atom stereocenters. The quantitative estimate of drug-likeness (QED) is 0.226. The van der Waals surface area contributed by atoms with Crippen LogP contribution in [0, 0.1) is 13.8 Å². The summed E-state index contributed by atoms with van der Waals surface area (Å²) in [5, 5.41) is 24.1. The summed E-state index contributed by atoms with van der Waals surface area (Å²) in [6.45, 7) is 4.13. The van der Waals surface area contributed by atoms with Crippen LogP contribution in [0.5, 0.6) is 11.5 Å². The number of rotatable bonds is 2. The fourth-order valence-electron chi connectivity index (χ4n) is 6.48. The molecule has 0 saturated carbocycles. The van der Waals surface area contributed by atoms with E-state index in [1.807, 2.05) is 24.3 Å². The molecular formula is C36H24N2O4. The van der Waals surface area contributed by atoms with Crippen molar-refractivity contribution in [3.05, 3.63) is 108 Å². The van der Waals surface area contributed by atoms with Crippen LogP contribution in [-0.4, -0.2) is 19.3 Å². The minimum absolute atomic E-state index is 0.215. The van der Waals surface area contributed by atoms with Gasteiger partial charge in [0.1, 0.15) is 33.7 Å². The summed E-state index contributed by atoms with van der Waals surface area (Å²) in [6, 6.07) is 31.5. The average Bonchev–Trinajstić information content (AvgIpc) is 3.69. The van der Waals surface area contributed by atoms with Gasteiger partial charge in [0.25, 0.3) is 0 Å². The Balaban J connectivity index is 1.50. The van der Waals surface area contributed by atoms with Gasteiger partial charge in [-0.25, -0.2) is 0 Å². The van der Waals surface area contributed by atoms with E-state index in [0.29, 0.717) is 0 Å². The number of phenols is 2. The van der Waals surface area contributed by atoms with Gasteiger partial charge in [-0.1, -0.05) is 12.1 Å². The van der Waals surface area contributed by atoms with Gasteiger partial charge in [0.05, 0.1) is 11.0 Å². The smallest absolute Gasteiger partial charge is 0.161 e. The molecule has 2 N–H and O–H groups in total. The second-order valence-corrected chi connectivity index (χ2v) is 11.1. The highest BCUT2D eigenvalue weighted by Crippen LogP contribution is 2.45. The molecule has 202 valence electrons. The molecule has 9 rings (SSSR count). The summed E-state index contributed by atoms with van der Waals surface area (Å²) >= 11 is 0.